The van der Waals surface area contributed by atoms with E-state index in [9.17, 15) is 9.90 Å². The highest BCUT2D eigenvalue weighted by atomic mass is 32.1. The Morgan fingerprint density at radius 2 is 1.75 bits per heavy atom. The SMILES string of the molecule is O=C(O)Oc1c(-c2ccc3nsnc3c2)c2ccc(OCc3ccccc3)cc2n1Cc1ccc2c(c1)OCO2. The van der Waals surface area contributed by atoms with Crippen LogP contribution in [0.4, 0.5) is 4.79 Å². The summed E-state index contributed by atoms with van der Waals surface area (Å²) in [6.07, 6.45) is -1.41. The van der Waals surface area contributed by atoms with Crippen molar-refractivity contribution in [2.24, 2.45) is 0 Å². The Hall–Kier alpha value is -5.09. The lowest BCUT2D eigenvalue weighted by atomic mass is 10.0. The molecule has 0 aliphatic carbocycles. The molecule has 2 aromatic heterocycles. The first-order chi connectivity index (χ1) is 19.6. The molecule has 6 aromatic rings. The fourth-order valence-corrected chi connectivity index (χ4v) is 5.44. The van der Waals surface area contributed by atoms with E-state index in [0.29, 0.717) is 36.0 Å². The van der Waals surface area contributed by atoms with Crippen molar-refractivity contribution >= 4 is 39.8 Å². The molecule has 198 valence electrons. The van der Waals surface area contributed by atoms with Crippen molar-refractivity contribution in [2.75, 3.05) is 6.79 Å². The first kappa shape index (κ1) is 24.0. The Balaban J connectivity index is 1.39. The first-order valence-electron chi connectivity index (χ1n) is 12.5. The molecule has 0 bridgehead atoms. The molecule has 0 radical (unpaired) electrons. The van der Waals surface area contributed by atoms with Crippen LogP contribution in [-0.4, -0.2) is 31.4 Å². The minimum Gasteiger partial charge on any atom is -0.489 e. The van der Waals surface area contributed by atoms with Gasteiger partial charge in [-0.2, -0.15) is 8.75 Å². The van der Waals surface area contributed by atoms with Gasteiger partial charge in [0.05, 0.1) is 29.4 Å². The Labute approximate surface area is 232 Å². The number of nitrogens with zero attached hydrogens (tertiary/aromatic N) is 3. The molecule has 3 heterocycles. The van der Waals surface area contributed by atoms with E-state index in [0.717, 1.165) is 50.4 Å². The van der Waals surface area contributed by atoms with Crippen LogP contribution in [0.3, 0.4) is 0 Å². The van der Waals surface area contributed by atoms with E-state index in [4.69, 9.17) is 18.9 Å². The van der Waals surface area contributed by atoms with Gasteiger partial charge in [0.2, 0.25) is 12.7 Å². The highest BCUT2D eigenvalue weighted by molar-refractivity contribution is 7.00. The van der Waals surface area contributed by atoms with Gasteiger partial charge in [0, 0.05) is 11.5 Å². The molecule has 1 aliphatic rings. The number of aromatic nitrogens is 3. The van der Waals surface area contributed by atoms with Crippen molar-refractivity contribution in [3.63, 3.8) is 0 Å². The van der Waals surface area contributed by atoms with Gasteiger partial charge in [-0.1, -0.05) is 42.5 Å². The summed E-state index contributed by atoms with van der Waals surface area (Å²) in [5.74, 6) is 2.16. The van der Waals surface area contributed by atoms with Crippen LogP contribution in [0, 0.1) is 0 Å². The lowest BCUT2D eigenvalue weighted by Gasteiger charge is -2.12. The molecule has 0 atom stereocenters. The molecule has 40 heavy (non-hydrogen) atoms. The molecule has 0 spiro atoms. The van der Waals surface area contributed by atoms with Crippen LogP contribution in [-0.2, 0) is 13.2 Å². The summed E-state index contributed by atoms with van der Waals surface area (Å²) in [6, 6.07) is 26.9. The van der Waals surface area contributed by atoms with Crippen LogP contribution in [0.1, 0.15) is 11.1 Å². The van der Waals surface area contributed by atoms with E-state index < -0.39 is 6.16 Å². The number of hydrogen-bond donors (Lipinski definition) is 1. The summed E-state index contributed by atoms with van der Waals surface area (Å²) in [7, 11) is 0. The summed E-state index contributed by atoms with van der Waals surface area (Å²) in [6.45, 7) is 0.880. The third kappa shape index (κ3) is 4.44. The van der Waals surface area contributed by atoms with Crippen LogP contribution >= 0.6 is 11.7 Å². The maximum absolute atomic E-state index is 12.0. The van der Waals surface area contributed by atoms with Gasteiger partial charge < -0.3 is 28.6 Å². The van der Waals surface area contributed by atoms with E-state index in [2.05, 4.69) is 8.75 Å². The van der Waals surface area contributed by atoms with Crippen molar-refractivity contribution in [3.8, 4) is 34.3 Å². The molecule has 0 saturated carbocycles. The standard InChI is InChI=1S/C30H21N3O6S/c34-30(35)39-29-28(20-7-10-23-24(13-20)32-40-31-23)22-9-8-21(36-16-18-4-2-1-3-5-18)14-25(22)33(29)15-19-6-11-26-27(12-19)38-17-37-26/h1-14H,15-17H2,(H,34,35). The van der Waals surface area contributed by atoms with Gasteiger partial charge >= 0.3 is 6.16 Å². The van der Waals surface area contributed by atoms with Gasteiger partial charge in [-0.05, 0) is 53.1 Å². The Morgan fingerprint density at radius 1 is 0.900 bits per heavy atom. The Kier molecular flexibility index (Phi) is 5.94. The minimum atomic E-state index is -1.41. The summed E-state index contributed by atoms with van der Waals surface area (Å²) >= 11 is 1.13. The van der Waals surface area contributed by atoms with Gasteiger partial charge in [0.15, 0.2) is 11.5 Å². The summed E-state index contributed by atoms with van der Waals surface area (Å²) in [5.41, 5.74) is 5.59. The molecule has 0 unspecified atom stereocenters. The lowest BCUT2D eigenvalue weighted by molar-refractivity contribution is 0.141. The van der Waals surface area contributed by atoms with Crippen LogP contribution < -0.4 is 18.9 Å². The number of carboxylic acid groups (broad SMARTS) is 1. The van der Waals surface area contributed by atoms with Crippen molar-refractivity contribution in [2.45, 2.75) is 13.2 Å². The van der Waals surface area contributed by atoms with Crippen molar-refractivity contribution in [1.29, 1.82) is 0 Å². The molecular formula is C30H21N3O6S. The summed E-state index contributed by atoms with van der Waals surface area (Å²) < 4.78 is 33.2. The fourth-order valence-electron chi connectivity index (χ4n) is 4.92. The molecule has 0 saturated heterocycles. The van der Waals surface area contributed by atoms with E-state index in [1.807, 2.05) is 89.5 Å². The van der Waals surface area contributed by atoms with Crippen LogP contribution in [0.5, 0.6) is 23.1 Å². The molecule has 0 amide bonds. The Morgan fingerprint density at radius 3 is 2.62 bits per heavy atom. The lowest BCUT2D eigenvalue weighted by Crippen LogP contribution is -2.10. The number of fused-ring (bicyclic) bond motifs is 3. The zero-order chi connectivity index (χ0) is 27.1. The summed E-state index contributed by atoms with van der Waals surface area (Å²) in [4.78, 5) is 12.0. The predicted molar refractivity (Wildman–Crippen MR) is 149 cm³/mol. The molecule has 0 fully saturated rings. The molecule has 1 N–H and O–H groups in total. The van der Waals surface area contributed by atoms with E-state index >= 15 is 0 Å². The van der Waals surface area contributed by atoms with E-state index in [1.54, 1.807) is 0 Å². The van der Waals surface area contributed by atoms with E-state index in [1.165, 1.54) is 0 Å². The molecule has 10 heteroatoms. The summed E-state index contributed by atoms with van der Waals surface area (Å²) in [5, 5.41) is 10.6. The highest BCUT2D eigenvalue weighted by Crippen LogP contribution is 2.43. The molecule has 4 aromatic carbocycles. The molecule has 1 aliphatic heterocycles. The van der Waals surface area contributed by atoms with Gasteiger partial charge in [0.1, 0.15) is 23.4 Å². The smallest absolute Gasteiger partial charge is 0.489 e. The monoisotopic (exact) mass is 551 g/mol. The molecule has 7 rings (SSSR count). The van der Waals surface area contributed by atoms with Crippen LogP contribution in [0.2, 0.25) is 0 Å². The number of ether oxygens (including phenoxy) is 4. The van der Waals surface area contributed by atoms with Gasteiger partial charge in [-0.25, -0.2) is 4.79 Å². The van der Waals surface area contributed by atoms with Crippen molar-refractivity contribution < 1.29 is 28.8 Å². The zero-order valence-electron chi connectivity index (χ0n) is 20.9. The Bertz CT molecular complexity index is 1880. The average molecular weight is 552 g/mol. The third-order valence-electron chi connectivity index (χ3n) is 6.74. The second kappa shape index (κ2) is 9.90. The molecular weight excluding hydrogens is 530 g/mol. The van der Waals surface area contributed by atoms with Crippen LogP contribution in [0.25, 0.3) is 33.1 Å². The number of hydrogen-bond acceptors (Lipinski definition) is 8. The van der Waals surface area contributed by atoms with Crippen molar-refractivity contribution in [3.05, 3.63) is 96.1 Å². The second-order valence-corrected chi connectivity index (χ2v) is 9.77. The minimum absolute atomic E-state index is 0.166. The number of carbonyl (C=O) groups is 1. The first-order valence-corrected chi connectivity index (χ1v) is 13.2. The van der Waals surface area contributed by atoms with Gasteiger partial charge in [-0.15, -0.1) is 0 Å². The molecule has 9 nitrogen and oxygen atoms in total. The van der Waals surface area contributed by atoms with E-state index in [-0.39, 0.29) is 12.7 Å². The highest BCUT2D eigenvalue weighted by Gasteiger charge is 2.24. The zero-order valence-corrected chi connectivity index (χ0v) is 21.8. The maximum Gasteiger partial charge on any atom is 0.512 e. The van der Waals surface area contributed by atoms with Crippen molar-refractivity contribution in [1.82, 2.24) is 13.3 Å². The fraction of sp³-hybridized carbons (Fsp3) is 0.100. The van der Waals surface area contributed by atoms with Gasteiger partial charge in [-0.3, -0.25) is 0 Å². The number of rotatable bonds is 7. The van der Waals surface area contributed by atoms with Crippen LogP contribution in [0.15, 0.2) is 84.9 Å². The second-order valence-electron chi connectivity index (χ2n) is 9.24. The quantitative estimate of drug-likeness (QED) is 0.218. The maximum atomic E-state index is 12.0. The number of benzene rings is 4. The third-order valence-corrected chi connectivity index (χ3v) is 7.30. The largest absolute Gasteiger partial charge is 0.512 e. The topological polar surface area (TPSA) is 105 Å². The van der Waals surface area contributed by atoms with Gasteiger partial charge in [0.25, 0.3) is 0 Å². The normalized spacial score (nSPS) is 12.2. The average Bonchev–Trinajstić information content (AvgIpc) is 3.70. The predicted octanol–water partition coefficient (Wildman–Crippen LogP) is 6.73.